The van der Waals surface area contributed by atoms with E-state index in [-0.39, 0.29) is 164 Å². The molecule has 0 aliphatic rings. The Morgan fingerprint density at radius 2 is 0.600 bits per heavy atom. The van der Waals surface area contributed by atoms with E-state index in [1.54, 1.807) is 47.8 Å². The highest BCUT2D eigenvalue weighted by atomic mass is 32.2. The van der Waals surface area contributed by atoms with Crippen LogP contribution in [0.3, 0.4) is 0 Å². The van der Waals surface area contributed by atoms with Gasteiger partial charge in [0.05, 0.1) is 31.6 Å². The quantitative estimate of drug-likeness (QED) is 0.0276. The van der Waals surface area contributed by atoms with Crippen LogP contribution in [0.2, 0.25) is 0 Å². The van der Waals surface area contributed by atoms with Crippen molar-refractivity contribution in [1.82, 2.24) is 79.8 Å². The Balaban J connectivity index is 2.63. The molecule has 0 fully saturated rings. The number of nitrogens with two attached hydrogens (primary N) is 6. The minimum atomic E-state index is -2.07. The average molecular weight is 1930 g/mol. The van der Waals surface area contributed by atoms with Crippen molar-refractivity contribution in [1.29, 1.82) is 0 Å². The topological polar surface area (TPSA) is 785 Å². The molecule has 0 radical (unpaired) electrons. The van der Waals surface area contributed by atoms with E-state index in [0.717, 1.165) is 6.92 Å². The summed E-state index contributed by atoms with van der Waals surface area (Å²) in [4.78, 5) is 251. The van der Waals surface area contributed by atoms with Gasteiger partial charge in [-0.05, 0) is 227 Å². The predicted molar refractivity (Wildman–Crippen MR) is 498 cm³/mol. The Kier molecular flexibility index (Phi) is 57.1. The maximum absolute atomic E-state index is 14.9. The fraction of sp³-hybridized carbons (Fsp3) is 0.659. The van der Waals surface area contributed by atoms with Crippen LogP contribution in [0.15, 0.2) is 48.5 Å². The van der Waals surface area contributed by atoms with E-state index in [1.165, 1.54) is 67.2 Å². The molecule has 34 N–H and O–H groups in total. The highest BCUT2D eigenvalue weighted by molar-refractivity contribution is 7.98. The van der Waals surface area contributed by atoms with Gasteiger partial charge in [-0.15, -0.1) is 0 Å². The molecule has 0 spiro atoms. The number of thioether (sulfide) groups is 1. The second-order valence-corrected chi connectivity index (χ2v) is 35.5. The van der Waals surface area contributed by atoms with Gasteiger partial charge in [0.25, 0.3) is 0 Å². The van der Waals surface area contributed by atoms with Crippen LogP contribution in [0.5, 0.6) is 11.5 Å². The van der Waals surface area contributed by atoms with Crippen molar-refractivity contribution in [2.75, 3.05) is 51.3 Å². The van der Waals surface area contributed by atoms with Gasteiger partial charge in [0.2, 0.25) is 88.6 Å². The average Bonchev–Trinajstić information content (AvgIpc) is 0.849. The van der Waals surface area contributed by atoms with Crippen molar-refractivity contribution in [3.05, 3.63) is 59.7 Å². The van der Waals surface area contributed by atoms with E-state index in [4.69, 9.17) is 34.4 Å². The van der Waals surface area contributed by atoms with Gasteiger partial charge in [0.15, 0.2) is 0 Å². The molecular formula is C88H147N21O25S. The number of phenolic OH excluding ortho intramolecular Hbond substituents is 2. The zero-order chi connectivity index (χ0) is 102. The number of hydrogen-bond acceptors (Lipinski definition) is 29. The van der Waals surface area contributed by atoms with Gasteiger partial charge in [-0.25, -0.2) is 4.79 Å². The van der Waals surface area contributed by atoms with Crippen molar-refractivity contribution in [2.45, 2.75) is 299 Å². The number of hydrogen-bond donors (Lipinski definition) is 28. The third-order valence-corrected chi connectivity index (χ3v) is 22.1. The van der Waals surface area contributed by atoms with E-state index in [9.17, 15) is 122 Å². The lowest BCUT2D eigenvalue weighted by Gasteiger charge is -2.30. The van der Waals surface area contributed by atoms with Gasteiger partial charge >= 0.3 is 17.9 Å². The molecule has 17 atom stereocenters. The van der Waals surface area contributed by atoms with E-state index in [1.807, 2.05) is 0 Å². The molecule has 2 aromatic carbocycles. The lowest BCUT2D eigenvalue weighted by Crippen LogP contribution is -2.62. The fourth-order valence-electron chi connectivity index (χ4n) is 13.8. The number of aliphatic carboxylic acids is 3. The maximum Gasteiger partial charge on any atom is 0.326 e. The molecule has 0 aromatic heterocycles. The normalized spacial score (nSPS) is 15.1. The molecule has 0 bridgehead atoms. The molecule has 0 saturated carbocycles. The Labute approximate surface area is 790 Å². The lowest BCUT2D eigenvalue weighted by molar-refractivity contribution is -0.144. The predicted octanol–water partition coefficient (Wildman–Crippen LogP) is -4.94. The Morgan fingerprint density at radius 1 is 0.319 bits per heavy atom. The molecule has 2 rings (SSSR count). The van der Waals surface area contributed by atoms with Crippen LogP contribution in [-0.4, -0.2) is 296 Å². The van der Waals surface area contributed by atoms with E-state index >= 15 is 0 Å². The molecule has 46 nitrogen and oxygen atoms in total. The molecule has 760 valence electrons. The summed E-state index contributed by atoms with van der Waals surface area (Å²) >= 11 is 1.26. The zero-order valence-corrected chi connectivity index (χ0v) is 79.3. The Bertz CT molecular complexity index is 4140. The van der Waals surface area contributed by atoms with Crippen molar-refractivity contribution in [3.8, 4) is 11.5 Å². The number of aliphatic hydroxyl groups excluding tert-OH is 2. The number of amides is 15. The van der Waals surface area contributed by atoms with Crippen molar-refractivity contribution < 1.29 is 122 Å². The first-order valence-electron chi connectivity index (χ1n) is 45.6. The second-order valence-electron chi connectivity index (χ2n) is 34.5. The molecule has 135 heavy (non-hydrogen) atoms. The van der Waals surface area contributed by atoms with Crippen LogP contribution in [0, 0.1) is 17.8 Å². The summed E-state index contributed by atoms with van der Waals surface area (Å²) in [6.07, 6.45) is -2.29. The number of aliphatic hydroxyl groups is 2. The summed E-state index contributed by atoms with van der Waals surface area (Å²) in [5.41, 5.74) is 35.6. The van der Waals surface area contributed by atoms with Gasteiger partial charge in [0, 0.05) is 12.8 Å². The number of rotatable bonds is 69. The molecule has 0 aliphatic carbocycles. The van der Waals surface area contributed by atoms with Crippen LogP contribution < -0.4 is 114 Å². The maximum atomic E-state index is 14.9. The molecule has 2 aromatic rings. The summed E-state index contributed by atoms with van der Waals surface area (Å²) in [5, 5.41) is 108. The van der Waals surface area contributed by atoms with E-state index in [0.29, 0.717) is 31.2 Å². The number of unbranched alkanes of at least 4 members (excludes halogenated alkanes) is 5. The highest BCUT2D eigenvalue weighted by Gasteiger charge is 2.41. The number of nitrogens with one attached hydrogen (secondary N) is 15. The van der Waals surface area contributed by atoms with E-state index < -0.39 is 241 Å². The Morgan fingerprint density at radius 3 is 0.919 bits per heavy atom. The van der Waals surface area contributed by atoms with Gasteiger partial charge in [-0.3, -0.25) is 81.5 Å². The summed E-state index contributed by atoms with van der Waals surface area (Å²) in [5.74, 6) is -21.2. The molecular weight excluding hydrogens is 1780 g/mol. The number of carbonyl (C=O) groups is 18. The Hall–Kier alpha value is -11.5. The first kappa shape index (κ1) is 120. The largest absolute Gasteiger partial charge is 0.508 e. The van der Waals surface area contributed by atoms with Crippen LogP contribution in [0.4, 0.5) is 0 Å². The standard InChI is InChI=1S/C88H147N21O25S/c1-47(2)40-62(105-85(130)71(94)50(7)110)80(125)101-59(23-13-18-37-92)78(123)108-72(49(5)6)86(131)106-63(41-48(3)4)81(126)99-56(20-10-15-34-89)75(120)97-58(22-12-17-36-91)77(122)103-64(42-52-25-29-54(112)30-26-52)74(119)95-46-68(114)96-65(43-53-27-31-55(113)32-28-53)82(127)104-66(44-69(115)116)83(128)100-57(21-11-16-35-90)76(121)98-60(24-14-19-38-93)79(124)109-73(51(8)111)87(132)107-67(45-70(117)118)84(129)102-61(88(133)134)33-39-135-9/h25-32,47-51,56-67,71-73,110-113H,10-24,33-46,89-94H2,1-9H3,(H,95,119)(H,96,114)(H,97,120)(H,98,121)(H,99,126)(H,100,128)(H,101,125)(H,102,129)(H,103,122)(H,104,127)(H,105,130)(H,106,131)(H,107,132)(H,108,123)(H,109,124)(H,115,116)(H,117,118)(H,133,134)/t50-,51-,56+,57+,58+,59+,60+,61+,62+,63+,64+,65+,66+,67+,71+,72+,73+/m1/s1. The number of aromatic hydroxyl groups is 2. The summed E-state index contributed by atoms with van der Waals surface area (Å²) in [6, 6.07) is -12.9. The second kappa shape index (κ2) is 64.5. The number of carboxylic acids is 3. The van der Waals surface area contributed by atoms with Gasteiger partial charge in [-0.1, -0.05) is 65.8 Å². The number of benzene rings is 2. The van der Waals surface area contributed by atoms with Crippen LogP contribution in [0.1, 0.15) is 195 Å². The van der Waals surface area contributed by atoms with Crippen molar-refractivity contribution >= 4 is 118 Å². The van der Waals surface area contributed by atoms with E-state index in [2.05, 4.69) is 79.8 Å². The fourth-order valence-corrected chi connectivity index (χ4v) is 14.3. The monoisotopic (exact) mass is 1930 g/mol. The van der Waals surface area contributed by atoms with Crippen molar-refractivity contribution in [3.63, 3.8) is 0 Å². The van der Waals surface area contributed by atoms with Gasteiger partial charge < -0.3 is 150 Å². The van der Waals surface area contributed by atoms with Crippen LogP contribution >= 0.6 is 11.8 Å². The van der Waals surface area contributed by atoms with Crippen molar-refractivity contribution in [2.24, 2.45) is 52.2 Å². The molecule has 0 saturated heterocycles. The lowest BCUT2D eigenvalue weighted by atomic mass is 9.98. The summed E-state index contributed by atoms with van der Waals surface area (Å²) < 4.78 is 0. The molecule has 0 unspecified atom stereocenters. The highest BCUT2D eigenvalue weighted by Crippen LogP contribution is 2.19. The van der Waals surface area contributed by atoms with Crippen LogP contribution in [-0.2, 0) is 99.1 Å². The van der Waals surface area contributed by atoms with Gasteiger partial charge in [-0.2, -0.15) is 11.8 Å². The summed E-state index contributed by atoms with van der Waals surface area (Å²) in [7, 11) is 0. The number of carboxylic acid groups (broad SMARTS) is 3. The molecule has 15 amide bonds. The smallest absolute Gasteiger partial charge is 0.326 e. The summed E-state index contributed by atoms with van der Waals surface area (Å²) in [6.45, 7) is 12.5. The zero-order valence-electron chi connectivity index (χ0n) is 78.5. The third-order valence-electron chi connectivity index (χ3n) is 21.4. The first-order chi connectivity index (χ1) is 63.7. The molecule has 0 heterocycles. The number of carbonyl (C=O) groups excluding carboxylic acids is 15. The first-order valence-corrected chi connectivity index (χ1v) is 47.0. The minimum Gasteiger partial charge on any atom is -0.508 e. The third kappa shape index (κ3) is 47.0. The minimum absolute atomic E-state index is 0.00838. The number of phenols is 2. The SMILES string of the molecule is CSCC[C@H](NC(=O)[C@H](CC(=O)O)NC(=O)[C@@H](NC(=O)[C@H](CCCCN)NC(=O)[C@H](CCCCN)NC(=O)[C@H](CC(=O)O)NC(=O)[C@H](Cc1ccc(O)cc1)NC(=O)CNC(=O)[C@H](Cc1ccc(O)cc1)NC(=O)[C@H](CCCCN)NC(=O)[C@H](CCCCN)NC(=O)[C@H](CC(C)C)NC(=O)[C@@H](NC(=O)[C@H](CCCCN)NC(=O)[C@H](CC(C)C)NC(=O)[C@@H](N)[C@@H](C)O)C(C)C)[C@@H](C)O)C(=O)O. The molecule has 0 aliphatic heterocycles. The van der Waals surface area contributed by atoms with Gasteiger partial charge in [0.1, 0.15) is 102 Å². The molecule has 47 heteroatoms. The van der Waals surface area contributed by atoms with Crippen LogP contribution in [0.25, 0.3) is 0 Å².